The average molecular weight is 184 g/mol. The fourth-order valence-corrected chi connectivity index (χ4v) is 5.48. The predicted octanol–water partition coefficient (Wildman–Crippen LogP) is 3.31. The molecule has 0 radical (unpaired) electrons. The molecule has 0 spiro atoms. The second-order valence-electron chi connectivity index (χ2n) is 6.12. The Kier molecular flexibility index (Phi) is 0.929. The summed E-state index contributed by atoms with van der Waals surface area (Å²) in [5.41, 5.74) is 5.66. The van der Waals surface area contributed by atoms with Gasteiger partial charge in [-0.05, 0) is 72.8 Å². The molecular weight excluding hydrogens is 168 g/mol. The molecule has 0 aromatic heterocycles. The highest BCUT2D eigenvalue weighted by Gasteiger charge is 2.60. The molecule has 14 heavy (non-hydrogen) atoms. The van der Waals surface area contributed by atoms with Crippen LogP contribution in [0.1, 0.15) is 32.1 Å². The SMILES string of the molecule is C1=C2CC(C1)C1C2=C2C3CCC(C3)C21. The van der Waals surface area contributed by atoms with E-state index in [2.05, 4.69) is 6.08 Å². The molecule has 5 rings (SSSR count). The quantitative estimate of drug-likeness (QED) is 0.542. The zero-order valence-corrected chi connectivity index (χ0v) is 8.50. The zero-order chi connectivity index (χ0) is 8.86. The van der Waals surface area contributed by atoms with Gasteiger partial charge in [0, 0.05) is 0 Å². The minimum atomic E-state index is 1.05. The summed E-state index contributed by atoms with van der Waals surface area (Å²) in [7, 11) is 0. The van der Waals surface area contributed by atoms with Gasteiger partial charge in [0.05, 0.1) is 0 Å². The third kappa shape index (κ3) is 0.515. The lowest BCUT2D eigenvalue weighted by Crippen LogP contribution is -2.36. The van der Waals surface area contributed by atoms with E-state index < -0.39 is 0 Å². The van der Waals surface area contributed by atoms with Gasteiger partial charge in [0.25, 0.3) is 0 Å². The van der Waals surface area contributed by atoms with Crippen LogP contribution in [0.5, 0.6) is 0 Å². The molecule has 0 saturated heterocycles. The van der Waals surface area contributed by atoms with Gasteiger partial charge >= 0.3 is 0 Å². The Morgan fingerprint density at radius 2 is 2.07 bits per heavy atom. The van der Waals surface area contributed by atoms with E-state index in [1.54, 1.807) is 18.4 Å². The van der Waals surface area contributed by atoms with Crippen LogP contribution < -0.4 is 0 Å². The summed E-state index contributed by atoms with van der Waals surface area (Å²) < 4.78 is 0. The number of hydrogen-bond donors (Lipinski definition) is 0. The highest BCUT2D eigenvalue weighted by atomic mass is 14.6. The summed E-state index contributed by atoms with van der Waals surface area (Å²) in [5.74, 6) is 5.41. The third-order valence-corrected chi connectivity index (χ3v) is 5.81. The van der Waals surface area contributed by atoms with Gasteiger partial charge < -0.3 is 0 Å². The highest BCUT2D eigenvalue weighted by Crippen LogP contribution is 2.71. The van der Waals surface area contributed by atoms with E-state index >= 15 is 0 Å². The monoisotopic (exact) mass is 184 g/mol. The second kappa shape index (κ2) is 1.89. The van der Waals surface area contributed by atoms with E-state index in [9.17, 15) is 0 Å². The van der Waals surface area contributed by atoms with Crippen LogP contribution in [-0.2, 0) is 0 Å². The molecule has 5 aliphatic rings. The molecule has 0 N–H and O–H groups in total. The van der Waals surface area contributed by atoms with Gasteiger partial charge in [-0.2, -0.15) is 0 Å². The highest BCUT2D eigenvalue weighted by molar-refractivity contribution is 5.57. The van der Waals surface area contributed by atoms with Crippen molar-refractivity contribution in [2.75, 3.05) is 0 Å². The standard InChI is InChI=1S/C14H16/c1-2-8-5-7(1)11-12(8)14-10-4-3-9(6-10)13(11)14/h1,8-10,12,14H,2-6H2. The van der Waals surface area contributed by atoms with Crippen LogP contribution in [0.25, 0.3) is 0 Å². The maximum Gasteiger partial charge on any atom is -0.00565 e. The minimum absolute atomic E-state index is 1.05. The van der Waals surface area contributed by atoms with Gasteiger partial charge in [0.15, 0.2) is 0 Å². The Morgan fingerprint density at radius 1 is 1.07 bits per heavy atom. The lowest BCUT2D eigenvalue weighted by molar-refractivity contribution is 0.218. The van der Waals surface area contributed by atoms with Crippen LogP contribution in [0.2, 0.25) is 0 Å². The molecule has 4 bridgehead atoms. The number of rotatable bonds is 0. The van der Waals surface area contributed by atoms with Crippen molar-refractivity contribution < 1.29 is 0 Å². The van der Waals surface area contributed by atoms with Crippen molar-refractivity contribution in [3.05, 3.63) is 22.8 Å². The first-order valence-corrected chi connectivity index (χ1v) is 6.37. The summed E-state index contributed by atoms with van der Waals surface area (Å²) in [6, 6.07) is 0. The maximum atomic E-state index is 2.55. The normalized spacial score (nSPS) is 56.0. The van der Waals surface area contributed by atoms with Crippen molar-refractivity contribution in [3.63, 3.8) is 0 Å². The number of allylic oxidation sites excluding steroid dienone is 4. The van der Waals surface area contributed by atoms with E-state index in [4.69, 9.17) is 0 Å². The first-order valence-electron chi connectivity index (χ1n) is 6.37. The van der Waals surface area contributed by atoms with Gasteiger partial charge in [-0.3, -0.25) is 0 Å². The lowest BCUT2D eigenvalue weighted by atomic mass is 9.59. The van der Waals surface area contributed by atoms with E-state index in [0.717, 1.165) is 29.6 Å². The van der Waals surface area contributed by atoms with Crippen LogP contribution in [0, 0.1) is 29.6 Å². The van der Waals surface area contributed by atoms with Crippen LogP contribution in [0.3, 0.4) is 0 Å². The number of hydrogen-bond acceptors (Lipinski definition) is 0. The first-order chi connectivity index (χ1) is 6.93. The maximum absolute atomic E-state index is 2.55. The van der Waals surface area contributed by atoms with Gasteiger partial charge in [0.2, 0.25) is 0 Å². The topological polar surface area (TPSA) is 0 Å². The van der Waals surface area contributed by atoms with Crippen LogP contribution >= 0.6 is 0 Å². The van der Waals surface area contributed by atoms with Crippen LogP contribution in [0.4, 0.5) is 0 Å². The molecule has 0 heteroatoms. The molecule has 72 valence electrons. The first kappa shape index (κ1) is 6.87. The van der Waals surface area contributed by atoms with Gasteiger partial charge in [-0.1, -0.05) is 11.6 Å². The largest absolute Gasteiger partial charge is 0.0807 e. The van der Waals surface area contributed by atoms with E-state index in [-0.39, 0.29) is 0 Å². The lowest BCUT2D eigenvalue weighted by Gasteiger charge is -2.45. The van der Waals surface area contributed by atoms with Crippen LogP contribution in [-0.4, -0.2) is 0 Å². The van der Waals surface area contributed by atoms with Gasteiger partial charge in [0.1, 0.15) is 0 Å². The van der Waals surface area contributed by atoms with Crippen molar-refractivity contribution in [1.82, 2.24) is 0 Å². The smallest absolute Gasteiger partial charge is 0.00565 e. The van der Waals surface area contributed by atoms with Crippen molar-refractivity contribution in [3.8, 4) is 0 Å². The zero-order valence-electron chi connectivity index (χ0n) is 8.50. The Morgan fingerprint density at radius 3 is 3.07 bits per heavy atom. The van der Waals surface area contributed by atoms with E-state index in [1.807, 2.05) is 11.1 Å². The summed E-state index contributed by atoms with van der Waals surface area (Å²) in [5, 5.41) is 0. The molecule has 5 unspecified atom stereocenters. The molecule has 3 saturated carbocycles. The van der Waals surface area contributed by atoms with Crippen molar-refractivity contribution >= 4 is 0 Å². The Labute approximate surface area is 85.1 Å². The molecule has 5 aliphatic carbocycles. The Balaban J connectivity index is 1.76. The molecule has 0 aliphatic heterocycles. The van der Waals surface area contributed by atoms with Crippen molar-refractivity contribution in [2.45, 2.75) is 32.1 Å². The summed E-state index contributed by atoms with van der Waals surface area (Å²) >= 11 is 0. The fraction of sp³-hybridized carbons (Fsp3) is 0.714. The van der Waals surface area contributed by atoms with Crippen molar-refractivity contribution in [1.29, 1.82) is 0 Å². The molecule has 0 amide bonds. The fourth-order valence-electron chi connectivity index (χ4n) is 5.48. The summed E-state index contributed by atoms with van der Waals surface area (Å²) in [6.07, 6.45) is 10.1. The Hall–Kier alpha value is -0.520. The van der Waals surface area contributed by atoms with E-state index in [1.165, 1.54) is 19.3 Å². The number of fused-ring (bicyclic) bond motifs is 11. The molecule has 5 atom stereocenters. The molecule has 0 heterocycles. The van der Waals surface area contributed by atoms with Gasteiger partial charge in [-0.25, -0.2) is 0 Å². The second-order valence-corrected chi connectivity index (χ2v) is 6.12. The summed E-state index contributed by atoms with van der Waals surface area (Å²) in [4.78, 5) is 0. The average Bonchev–Trinajstić information content (AvgIpc) is 2.82. The molecule has 3 fully saturated rings. The minimum Gasteiger partial charge on any atom is -0.0807 e. The molecular formula is C14H16. The van der Waals surface area contributed by atoms with Crippen LogP contribution in [0.15, 0.2) is 22.8 Å². The molecule has 0 nitrogen and oxygen atoms in total. The molecule has 0 aromatic carbocycles. The Bertz CT molecular complexity index is 398. The summed E-state index contributed by atoms with van der Waals surface area (Å²) in [6.45, 7) is 0. The third-order valence-electron chi connectivity index (χ3n) is 5.81. The molecule has 0 aromatic rings. The van der Waals surface area contributed by atoms with Crippen molar-refractivity contribution in [2.24, 2.45) is 29.6 Å². The van der Waals surface area contributed by atoms with Gasteiger partial charge in [-0.15, -0.1) is 0 Å². The predicted molar refractivity (Wildman–Crippen MR) is 55.6 cm³/mol. The van der Waals surface area contributed by atoms with E-state index in [0.29, 0.717) is 0 Å².